The number of anilines is 1. The summed E-state index contributed by atoms with van der Waals surface area (Å²) < 4.78 is 0. The van der Waals surface area contributed by atoms with E-state index >= 15 is 0 Å². The highest BCUT2D eigenvalue weighted by Crippen LogP contribution is 2.46. The molecule has 1 N–H and O–H groups in total. The Morgan fingerprint density at radius 3 is 1.79 bits per heavy atom. The Balaban J connectivity index is 0.000000209. The predicted molar refractivity (Wildman–Crippen MR) is 118 cm³/mol. The third-order valence-electron chi connectivity index (χ3n) is 6.61. The highest BCUT2D eigenvalue weighted by atomic mass is 16.1. The van der Waals surface area contributed by atoms with Crippen LogP contribution in [0.15, 0.2) is 29.3 Å². The third kappa shape index (κ3) is 4.74. The summed E-state index contributed by atoms with van der Waals surface area (Å²) >= 11 is 0. The van der Waals surface area contributed by atoms with Crippen LogP contribution in [0, 0.1) is 5.92 Å². The summed E-state index contributed by atoms with van der Waals surface area (Å²) in [5.74, 6) is 0.467. The minimum atomic E-state index is 0.130. The quantitative estimate of drug-likeness (QED) is 0.650. The zero-order valence-electron chi connectivity index (χ0n) is 19.0. The van der Waals surface area contributed by atoms with Gasteiger partial charge in [-0.05, 0) is 77.8 Å². The van der Waals surface area contributed by atoms with Crippen molar-refractivity contribution in [1.82, 2.24) is 0 Å². The van der Waals surface area contributed by atoms with Gasteiger partial charge in [-0.2, -0.15) is 0 Å². The first kappa shape index (κ1) is 22.4. The van der Waals surface area contributed by atoms with Crippen molar-refractivity contribution in [1.29, 1.82) is 0 Å². The molecular weight excluding hydrogens is 346 g/mol. The molecule has 3 nitrogen and oxygen atoms in total. The topological polar surface area (TPSA) is 46.2 Å². The number of rotatable bonds is 1. The molecule has 1 aromatic carbocycles. The monoisotopic (exact) mass is 383 g/mol. The first-order valence-corrected chi connectivity index (χ1v) is 10.5. The Morgan fingerprint density at radius 2 is 1.32 bits per heavy atom. The number of benzene rings is 1. The van der Waals surface area contributed by atoms with Crippen LogP contribution < -0.4 is 5.32 Å². The van der Waals surface area contributed by atoms with Crippen molar-refractivity contribution >= 4 is 17.3 Å². The molecule has 3 heteroatoms. The van der Waals surface area contributed by atoms with E-state index in [0.29, 0.717) is 34.8 Å². The molecule has 0 spiro atoms. The van der Waals surface area contributed by atoms with Gasteiger partial charge in [0.15, 0.2) is 11.6 Å². The van der Waals surface area contributed by atoms with E-state index < -0.39 is 0 Å². The predicted octanol–water partition coefficient (Wildman–Crippen LogP) is 5.97. The van der Waals surface area contributed by atoms with Crippen molar-refractivity contribution in [2.75, 3.05) is 12.4 Å². The number of fused-ring (bicyclic) bond motifs is 1. The number of hydrogen-bond acceptors (Lipinski definition) is 3. The molecule has 2 aliphatic carbocycles. The summed E-state index contributed by atoms with van der Waals surface area (Å²) in [6, 6.07) is 6.83. The molecule has 0 unspecified atom stereocenters. The highest BCUT2D eigenvalue weighted by Gasteiger charge is 2.36. The Bertz CT molecular complexity index is 773. The maximum absolute atomic E-state index is 11.4. The van der Waals surface area contributed by atoms with Gasteiger partial charge >= 0.3 is 0 Å². The van der Waals surface area contributed by atoms with Crippen molar-refractivity contribution < 1.29 is 9.59 Å². The molecule has 0 heterocycles. The van der Waals surface area contributed by atoms with Crippen LogP contribution in [0.3, 0.4) is 0 Å². The molecule has 0 saturated heterocycles. The summed E-state index contributed by atoms with van der Waals surface area (Å²) in [6.07, 6.45) is 3.61. The van der Waals surface area contributed by atoms with Gasteiger partial charge in [-0.3, -0.25) is 9.59 Å². The van der Waals surface area contributed by atoms with Gasteiger partial charge in [0.2, 0.25) is 0 Å². The van der Waals surface area contributed by atoms with E-state index in [0.717, 1.165) is 0 Å². The fraction of sp³-hybridized carbons (Fsp3) is 0.600. The zero-order chi connectivity index (χ0) is 21.3. The molecule has 0 bridgehead atoms. The first-order valence-electron chi connectivity index (χ1n) is 10.5. The lowest BCUT2D eigenvalue weighted by Gasteiger charge is -2.42. The molecule has 1 aromatic rings. The third-order valence-corrected chi connectivity index (χ3v) is 6.61. The summed E-state index contributed by atoms with van der Waals surface area (Å²) in [6.45, 7) is 14.9. The second kappa shape index (κ2) is 8.23. The minimum Gasteiger partial charge on any atom is -0.388 e. The van der Waals surface area contributed by atoms with Gasteiger partial charge in [-0.25, -0.2) is 0 Å². The molecule has 0 fully saturated rings. The molecule has 2 aliphatic rings. The van der Waals surface area contributed by atoms with Crippen LogP contribution in [0.1, 0.15) is 85.3 Å². The molecule has 28 heavy (non-hydrogen) atoms. The summed E-state index contributed by atoms with van der Waals surface area (Å²) in [5.41, 5.74) is 6.24. The van der Waals surface area contributed by atoms with Crippen LogP contribution in [0.25, 0.3) is 0 Å². The first-order chi connectivity index (χ1) is 12.9. The summed E-state index contributed by atoms with van der Waals surface area (Å²) in [4.78, 5) is 22.7. The van der Waals surface area contributed by atoms with Crippen molar-refractivity contribution in [3.05, 3.63) is 40.5 Å². The number of carbonyl (C=O) groups excluding carboxylic acids is 2. The smallest absolute Gasteiger partial charge is 0.159 e. The summed E-state index contributed by atoms with van der Waals surface area (Å²) in [7, 11) is 1.99. The van der Waals surface area contributed by atoms with Crippen LogP contribution in [0.4, 0.5) is 5.69 Å². The fourth-order valence-electron chi connectivity index (χ4n) is 4.17. The number of allylic oxidation sites excluding steroid dienone is 2. The van der Waals surface area contributed by atoms with E-state index in [4.69, 9.17) is 0 Å². The standard InChI is InChI=1S/C15H23N.C10H14O2/c1-14(2)8-9-15(3,4)13-10-11(16-5)6-7-12(13)14;1-6-4-9(11)7(2)8(3)10(12)5-6/h6-7,10,16H,8-9H2,1-5H3;6H,4-5H2,1-3H3. The molecule has 0 aliphatic heterocycles. The van der Waals surface area contributed by atoms with Gasteiger partial charge in [0.05, 0.1) is 0 Å². The molecule has 3 rings (SSSR count). The maximum Gasteiger partial charge on any atom is 0.159 e. The van der Waals surface area contributed by atoms with Gasteiger partial charge in [0.25, 0.3) is 0 Å². The second-order valence-electron chi connectivity index (χ2n) is 9.89. The maximum atomic E-state index is 11.4. The SMILES string of the molecule is CC1=C(C)C(=O)CC(C)CC1=O.CNc1ccc2c(c1)C(C)(C)CCC2(C)C. The van der Waals surface area contributed by atoms with E-state index in [1.165, 1.54) is 29.7 Å². The molecule has 0 atom stereocenters. The lowest BCUT2D eigenvalue weighted by atomic mass is 9.63. The van der Waals surface area contributed by atoms with E-state index in [9.17, 15) is 9.59 Å². The van der Waals surface area contributed by atoms with Crippen LogP contribution in [-0.4, -0.2) is 18.6 Å². The molecule has 154 valence electrons. The van der Waals surface area contributed by atoms with Crippen LogP contribution in [-0.2, 0) is 20.4 Å². The van der Waals surface area contributed by atoms with E-state index in [1.807, 2.05) is 14.0 Å². The van der Waals surface area contributed by atoms with Crippen LogP contribution in [0.5, 0.6) is 0 Å². The number of hydrogen-bond donors (Lipinski definition) is 1. The van der Waals surface area contributed by atoms with Gasteiger partial charge in [0.1, 0.15) is 0 Å². The van der Waals surface area contributed by atoms with Gasteiger partial charge in [0, 0.05) is 25.6 Å². The number of Topliss-reactive ketones (excluding diaryl/α,β-unsaturated/α-hetero) is 2. The van der Waals surface area contributed by atoms with E-state index in [-0.39, 0.29) is 17.5 Å². The van der Waals surface area contributed by atoms with E-state index in [1.54, 1.807) is 13.8 Å². The minimum absolute atomic E-state index is 0.130. The molecule has 0 aromatic heterocycles. The van der Waals surface area contributed by atoms with Gasteiger partial charge in [-0.15, -0.1) is 0 Å². The van der Waals surface area contributed by atoms with Crippen molar-refractivity contribution in [2.45, 2.75) is 85.0 Å². The average molecular weight is 384 g/mol. The lowest BCUT2D eigenvalue weighted by molar-refractivity contribution is -0.116. The molecule has 0 radical (unpaired) electrons. The van der Waals surface area contributed by atoms with Crippen molar-refractivity contribution in [2.24, 2.45) is 5.92 Å². The molecule has 0 amide bonds. The Morgan fingerprint density at radius 1 is 0.857 bits per heavy atom. The Hall–Kier alpha value is -1.90. The van der Waals surface area contributed by atoms with Crippen LogP contribution in [0.2, 0.25) is 0 Å². The Kier molecular flexibility index (Phi) is 6.58. The van der Waals surface area contributed by atoms with Gasteiger partial charge < -0.3 is 5.32 Å². The lowest BCUT2D eigenvalue weighted by Crippen LogP contribution is -2.33. The van der Waals surface area contributed by atoms with Crippen molar-refractivity contribution in [3.63, 3.8) is 0 Å². The largest absolute Gasteiger partial charge is 0.388 e. The van der Waals surface area contributed by atoms with Crippen LogP contribution >= 0.6 is 0 Å². The van der Waals surface area contributed by atoms with Crippen molar-refractivity contribution in [3.8, 4) is 0 Å². The average Bonchev–Trinajstić information content (AvgIpc) is 2.71. The number of carbonyl (C=O) groups is 2. The normalized spacial score (nSPS) is 21.4. The number of nitrogens with one attached hydrogen (secondary N) is 1. The zero-order valence-corrected chi connectivity index (χ0v) is 19.0. The highest BCUT2D eigenvalue weighted by molar-refractivity contribution is 6.07. The Labute approximate surface area is 171 Å². The summed E-state index contributed by atoms with van der Waals surface area (Å²) in [5, 5.41) is 3.24. The van der Waals surface area contributed by atoms with Gasteiger partial charge in [-0.1, -0.05) is 40.7 Å². The number of ketones is 2. The molecular formula is C25H37NO2. The molecule has 0 saturated carbocycles. The van der Waals surface area contributed by atoms with E-state index in [2.05, 4.69) is 51.2 Å². The fourth-order valence-corrected chi connectivity index (χ4v) is 4.17. The second-order valence-corrected chi connectivity index (χ2v) is 9.89.